The molecule has 0 bridgehead atoms. The number of rotatable bonds is 6. The number of carboxylic acids is 1. The summed E-state index contributed by atoms with van der Waals surface area (Å²) in [6, 6.07) is 0. The van der Waals surface area contributed by atoms with Crippen LogP contribution in [0.2, 0.25) is 0 Å². The summed E-state index contributed by atoms with van der Waals surface area (Å²) < 4.78 is 5.06. The summed E-state index contributed by atoms with van der Waals surface area (Å²) in [5.41, 5.74) is 4.27. The molecule has 2 unspecified atom stereocenters. The molecule has 0 aromatic carbocycles. The summed E-state index contributed by atoms with van der Waals surface area (Å²) >= 11 is 0. The summed E-state index contributed by atoms with van der Waals surface area (Å²) in [4.78, 5) is 22.9. The summed E-state index contributed by atoms with van der Waals surface area (Å²) in [6.45, 7) is 2.78. The standard InChI is InChI=1S/C11H20N2O4/c1-2-8(6-12)5-9(14)13-11(10(15)16)3-4-17-7-11/h8H,2-7,12H2,1H3,(H,13,14)(H,15,16). The number of aliphatic carboxylic acids is 1. The number of nitrogens with one attached hydrogen (secondary N) is 1. The molecule has 1 saturated heterocycles. The molecular formula is C11H20N2O4. The predicted octanol–water partition coefficient (Wildman–Crippen LogP) is -0.279. The summed E-state index contributed by atoms with van der Waals surface area (Å²) in [7, 11) is 0. The van der Waals surface area contributed by atoms with Gasteiger partial charge in [0.1, 0.15) is 0 Å². The number of amides is 1. The van der Waals surface area contributed by atoms with Gasteiger partial charge in [-0.05, 0) is 12.5 Å². The second-order valence-corrected chi connectivity index (χ2v) is 4.45. The fourth-order valence-corrected chi connectivity index (χ4v) is 1.86. The molecule has 0 aliphatic carbocycles. The van der Waals surface area contributed by atoms with Gasteiger partial charge >= 0.3 is 5.97 Å². The van der Waals surface area contributed by atoms with E-state index in [1.54, 1.807) is 0 Å². The first-order chi connectivity index (χ1) is 8.04. The van der Waals surface area contributed by atoms with Crippen molar-refractivity contribution < 1.29 is 19.4 Å². The Balaban J connectivity index is 2.56. The minimum absolute atomic E-state index is 0.0352. The van der Waals surface area contributed by atoms with Crippen LogP contribution in [0.15, 0.2) is 0 Å². The predicted molar refractivity (Wildman–Crippen MR) is 61.4 cm³/mol. The molecule has 1 rings (SSSR count). The Morgan fingerprint density at radius 1 is 1.59 bits per heavy atom. The van der Waals surface area contributed by atoms with Crippen LogP contribution in [0.3, 0.4) is 0 Å². The van der Waals surface area contributed by atoms with Gasteiger partial charge in [-0.3, -0.25) is 4.79 Å². The highest BCUT2D eigenvalue weighted by molar-refractivity contribution is 5.87. The van der Waals surface area contributed by atoms with E-state index in [-0.39, 0.29) is 24.9 Å². The lowest BCUT2D eigenvalue weighted by Gasteiger charge is -2.24. The fraction of sp³-hybridized carbons (Fsp3) is 0.818. The SMILES string of the molecule is CCC(CN)CC(=O)NC1(C(=O)O)CCOC1. The average Bonchev–Trinajstić information content (AvgIpc) is 2.75. The maximum atomic E-state index is 11.8. The van der Waals surface area contributed by atoms with Gasteiger partial charge in [0.2, 0.25) is 5.91 Å². The van der Waals surface area contributed by atoms with Gasteiger partial charge in [-0.1, -0.05) is 13.3 Å². The topological polar surface area (TPSA) is 102 Å². The lowest BCUT2D eigenvalue weighted by atomic mass is 9.97. The third-order valence-electron chi connectivity index (χ3n) is 3.19. The molecule has 4 N–H and O–H groups in total. The van der Waals surface area contributed by atoms with E-state index in [2.05, 4.69) is 5.32 Å². The summed E-state index contributed by atoms with van der Waals surface area (Å²) in [5, 5.41) is 11.7. The Morgan fingerprint density at radius 3 is 2.71 bits per heavy atom. The van der Waals surface area contributed by atoms with Gasteiger partial charge in [0, 0.05) is 19.4 Å². The van der Waals surface area contributed by atoms with Gasteiger partial charge in [0.15, 0.2) is 5.54 Å². The molecule has 1 fully saturated rings. The van der Waals surface area contributed by atoms with Crippen molar-refractivity contribution in [3.05, 3.63) is 0 Å². The van der Waals surface area contributed by atoms with E-state index in [0.717, 1.165) is 6.42 Å². The number of nitrogens with two attached hydrogens (primary N) is 1. The second kappa shape index (κ2) is 5.97. The molecule has 1 aliphatic rings. The zero-order valence-electron chi connectivity index (χ0n) is 10.1. The molecule has 0 saturated carbocycles. The zero-order valence-corrected chi connectivity index (χ0v) is 10.1. The van der Waals surface area contributed by atoms with Gasteiger partial charge in [-0.15, -0.1) is 0 Å². The van der Waals surface area contributed by atoms with Crippen molar-refractivity contribution in [2.24, 2.45) is 11.7 Å². The first-order valence-electron chi connectivity index (χ1n) is 5.86. The molecule has 1 aliphatic heterocycles. The number of carboxylic acid groups (broad SMARTS) is 1. The Hall–Kier alpha value is -1.14. The highest BCUT2D eigenvalue weighted by atomic mass is 16.5. The van der Waals surface area contributed by atoms with Gasteiger partial charge in [0.05, 0.1) is 6.61 Å². The Labute approximate surface area is 101 Å². The number of ether oxygens (including phenoxy) is 1. The number of carbonyl (C=O) groups is 2. The van der Waals surface area contributed by atoms with Crippen LogP contribution in [0.25, 0.3) is 0 Å². The third kappa shape index (κ3) is 3.41. The van der Waals surface area contributed by atoms with Crippen LogP contribution in [0.4, 0.5) is 0 Å². The number of hydrogen-bond donors (Lipinski definition) is 3. The highest BCUT2D eigenvalue weighted by Gasteiger charge is 2.43. The average molecular weight is 244 g/mol. The van der Waals surface area contributed by atoms with E-state index in [9.17, 15) is 9.59 Å². The van der Waals surface area contributed by atoms with Crippen LogP contribution in [0.1, 0.15) is 26.2 Å². The van der Waals surface area contributed by atoms with Crippen molar-refractivity contribution in [3.63, 3.8) is 0 Å². The highest BCUT2D eigenvalue weighted by Crippen LogP contribution is 2.19. The van der Waals surface area contributed by atoms with Crippen molar-refractivity contribution >= 4 is 11.9 Å². The first kappa shape index (κ1) is 13.9. The lowest BCUT2D eigenvalue weighted by Crippen LogP contribution is -2.55. The van der Waals surface area contributed by atoms with Crippen molar-refractivity contribution in [2.45, 2.75) is 31.7 Å². The molecule has 0 aromatic heterocycles. The Morgan fingerprint density at radius 2 is 2.29 bits per heavy atom. The molecule has 0 radical (unpaired) electrons. The van der Waals surface area contributed by atoms with E-state index in [0.29, 0.717) is 19.6 Å². The minimum Gasteiger partial charge on any atom is -0.479 e. The molecule has 1 amide bonds. The molecule has 6 nitrogen and oxygen atoms in total. The van der Waals surface area contributed by atoms with E-state index < -0.39 is 11.5 Å². The molecule has 17 heavy (non-hydrogen) atoms. The molecule has 2 atom stereocenters. The monoisotopic (exact) mass is 244 g/mol. The van der Waals surface area contributed by atoms with E-state index in [1.165, 1.54) is 0 Å². The van der Waals surface area contributed by atoms with Crippen molar-refractivity contribution in [2.75, 3.05) is 19.8 Å². The third-order valence-corrected chi connectivity index (χ3v) is 3.19. The molecular weight excluding hydrogens is 224 g/mol. The molecule has 6 heteroatoms. The van der Waals surface area contributed by atoms with Crippen LogP contribution in [-0.4, -0.2) is 42.3 Å². The largest absolute Gasteiger partial charge is 0.479 e. The fourth-order valence-electron chi connectivity index (χ4n) is 1.86. The first-order valence-corrected chi connectivity index (χ1v) is 5.86. The minimum atomic E-state index is -1.25. The smallest absolute Gasteiger partial charge is 0.331 e. The Bertz CT molecular complexity index is 283. The molecule has 0 aromatic rings. The quantitative estimate of drug-likeness (QED) is 0.596. The second-order valence-electron chi connectivity index (χ2n) is 4.45. The van der Waals surface area contributed by atoms with E-state index >= 15 is 0 Å². The molecule has 0 spiro atoms. The van der Waals surface area contributed by atoms with Crippen molar-refractivity contribution in [1.29, 1.82) is 0 Å². The van der Waals surface area contributed by atoms with E-state index in [1.807, 2.05) is 6.92 Å². The van der Waals surface area contributed by atoms with Gasteiger partial charge in [0.25, 0.3) is 0 Å². The molecule has 1 heterocycles. The maximum Gasteiger partial charge on any atom is 0.331 e. The van der Waals surface area contributed by atoms with E-state index in [4.69, 9.17) is 15.6 Å². The Kier molecular flexibility index (Phi) is 4.89. The van der Waals surface area contributed by atoms with Crippen LogP contribution in [0.5, 0.6) is 0 Å². The van der Waals surface area contributed by atoms with Gasteiger partial charge in [-0.2, -0.15) is 0 Å². The van der Waals surface area contributed by atoms with Crippen LogP contribution in [0, 0.1) is 5.92 Å². The van der Waals surface area contributed by atoms with Crippen molar-refractivity contribution in [3.8, 4) is 0 Å². The number of hydrogen-bond acceptors (Lipinski definition) is 4. The lowest BCUT2D eigenvalue weighted by molar-refractivity contribution is -0.147. The van der Waals surface area contributed by atoms with Crippen LogP contribution < -0.4 is 11.1 Å². The normalized spacial score (nSPS) is 25.5. The van der Waals surface area contributed by atoms with Crippen molar-refractivity contribution in [1.82, 2.24) is 5.32 Å². The van der Waals surface area contributed by atoms with Crippen LogP contribution >= 0.6 is 0 Å². The van der Waals surface area contributed by atoms with Gasteiger partial charge < -0.3 is 20.9 Å². The summed E-state index contributed by atoms with van der Waals surface area (Å²) in [5.74, 6) is -1.21. The summed E-state index contributed by atoms with van der Waals surface area (Å²) in [6.07, 6.45) is 1.38. The van der Waals surface area contributed by atoms with Crippen LogP contribution in [-0.2, 0) is 14.3 Å². The number of carbonyl (C=O) groups excluding carboxylic acids is 1. The zero-order chi connectivity index (χ0) is 12.9. The maximum absolute atomic E-state index is 11.8. The molecule has 98 valence electrons. The van der Waals surface area contributed by atoms with Gasteiger partial charge in [-0.25, -0.2) is 4.79 Å².